The Hall–Kier alpha value is -0.740. The van der Waals surface area contributed by atoms with Gasteiger partial charge >= 0.3 is 0 Å². The highest BCUT2D eigenvalue weighted by Gasteiger charge is 2.05. The number of nitrogens with two attached hydrogens (primary N) is 1. The Morgan fingerprint density at radius 3 is 2.83 bits per heavy atom. The number of halogens is 1. The largest absolute Gasteiger partial charge is 0.368 e. The summed E-state index contributed by atoms with van der Waals surface area (Å²) in [6.45, 7) is 0.219. The Labute approximate surface area is 79.7 Å². The molecule has 66 valence electrons. The first kappa shape index (κ1) is 9.35. The highest BCUT2D eigenvalue weighted by molar-refractivity contribution is 7.19. The van der Waals surface area contributed by atoms with E-state index >= 15 is 0 Å². The number of carbonyl (C=O) groups excluding carboxylic acids is 1. The van der Waals surface area contributed by atoms with Crippen LogP contribution < -0.4 is 10.6 Å². The van der Waals surface area contributed by atoms with Crippen LogP contribution in [-0.2, 0) is 4.79 Å². The van der Waals surface area contributed by atoms with Gasteiger partial charge in [-0.1, -0.05) is 11.6 Å². The summed E-state index contributed by atoms with van der Waals surface area (Å²) in [5.41, 5.74) is 5.03. The maximum atomic E-state index is 10.5. The minimum atomic E-state index is -0.345. The maximum Gasteiger partial charge on any atom is 0.236 e. The second kappa shape index (κ2) is 3.78. The number of nitrogens with zero attached hydrogens (tertiary/aromatic N) is 1. The molecule has 0 saturated heterocycles. The molecule has 1 heterocycles. The Morgan fingerprint density at radius 1 is 1.75 bits per heavy atom. The van der Waals surface area contributed by atoms with E-state index in [4.69, 9.17) is 17.3 Å². The number of thiophene rings is 1. The number of hydrogen-bond donors (Lipinski definition) is 1. The maximum absolute atomic E-state index is 10.5. The molecule has 0 unspecified atom stereocenters. The summed E-state index contributed by atoms with van der Waals surface area (Å²) < 4.78 is 0.710. The molecule has 0 atom stereocenters. The molecule has 0 aromatic carbocycles. The van der Waals surface area contributed by atoms with Gasteiger partial charge in [0.1, 0.15) is 0 Å². The van der Waals surface area contributed by atoms with E-state index < -0.39 is 0 Å². The molecule has 1 amide bonds. The molecule has 1 rings (SSSR count). The lowest BCUT2D eigenvalue weighted by atomic mass is 10.5. The Kier molecular flexibility index (Phi) is 2.94. The van der Waals surface area contributed by atoms with Gasteiger partial charge in [0.25, 0.3) is 0 Å². The highest BCUT2D eigenvalue weighted by Crippen LogP contribution is 2.28. The summed E-state index contributed by atoms with van der Waals surface area (Å²) in [6.07, 6.45) is 0. The molecule has 0 aliphatic rings. The number of hydrogen-bond acceptors (Lipinski definition) is 3. The normalized spacial score (nSPS) is 9.83. The van der Waals surface area contributed by atoms with Gasteiger partial charge in [-0.2, -0.15) is 0 Å². The van der Waals surface area contributed by atoms with Crippen LogP contribution in [0.1, 0.15) is 0 Å². The van der Waals surface area contributed by atoms with Gasteiger partial charge in [0.2, 0.25) is 5.91 Å². The fraction of sp³-hybridized carbons (Fsp3) is 0.286. The minimum absolute atomic E-state index is 0.219. The van der Waals surface area contributed by atoms with Crippen molar-refractivity contribution in [3.8, 4) is 0 Å². The lowest BCUT2D eigenvalue weighted by molar-refractivity contribution is -0.116. The zero-order valence-electron chi connectivity index (χ0n) is 6.58. The van der Waals surface area contributed by atoms with Crippen LogP contribution in [0, 0.1) is 0 Å². The van der Waals surface area contributed by atoms with E-state index in [-0.39, 0.29) is 12.5 Å². The molecule has 3 nitrogen and oxygen atoms in total. The van der Waals surface area contributed by atoms with Crippen molar-refractivity contribution in [2.45, 2.75) is 0 Å². The molecule has 2 N–H and O–H groups in total. The van der Waals surface area contributed by atoms with Gasteiger partial charge in [-0.3, -0.25) is 4.79 Å². The number of primary amides is 1. The Bertz CT molecular complexity index is 287. The average molecular weight is 205 g/mol. The van der Waals surface area contributed by atoms with Crippen molar-refractivity contribution in [2.75, 3.05) is 18.5 Å². The summed E-state index contributed by atoms with van der Waals surface area (Å²) >= 11 is 7.14. The number of anilines is 1. The second-order valence-corrected chi connectivity index (χ2v) is 4.09. The van der Waals surface area contributed by atoms with Crippen molar-refractivity contribution in [1.29, 1.82) is 0 Å². The van der Waals surface area contributed by atoms with Crippen LogP contribution >= 0.6 is 22.9 Å². The van der Waals surface area contributed by atoms with Gasteiger partial charge in [-0.25, -0.2) is 0 Å². The van der Waals surface area contributed by atoms with Crippen LogP contribution in [0.15, 0.2) is 12.1 Å². The number of rotatable bonds is 3. The van der Waals surface area contributed by atoms with Crippen molar-refractivity contribution in [2.24, 2.45) is 5.73 Å². The van der Waals surface area contributed by atoms with Crippen molar-refractivity contribution in [1.82, 2.24) is 0 Å². The predicted octanol–water partition coefficient (Wildman–Crippen LogP) is 1.32. The Balaban J connectivity index is 2.64. The molecule has 0 fully saturated rings. The first-order valence-corrected chi connectivity index (χ1v) is 4.54. The average Bonchev–Trinajstić information content (AvgIpc) is 2.34. The van der Waals surface area contributed by atoms with Crippen LogP contribution in [0.3, 0.4) is 0 Å². The van der Waals surface area contributed by atoms with E-state index in [1.165, 1.54) is 11.3 Å². The van der Waals surface area contributed by atoms with Gasteiger partial charge in [-0.15, -0.1) is 11.3 Å². The van der Waals surface area contributed by atoms with Crippen LogP contribution in [0.4, 0.5) is 5.00 Å². The van der Waals surface area contributed by atoms with Gasteiger partial charge in [-0.05, 0) is 12.1 Å². The lowest BCUT2D eigenvalue weighted by Gasteiger charge is -2.13. The Morgan fingerprint density at radius 2 is 2.42 bits per heavy atom. The molecule has 5 heteroatoms. The summed E-state index contributed by atoms with van der Waals surface area (Å²) in [7, 11) is 1.80. The molecule has 0 aliphatic heterocycles. The SMILES string of the molecule is CN(CC(N)=O)c1ccc(Cl)s1. The molecular weight excluding hydrogens is 196 g/mol. The van der Waals surface area contributed by atoms with Crippen LogP contribution in [0.5, 0.6) is 0 Å². The zero-order chi connectivity index (χ0) is 9.14. The molecule has 0 bridgehead atoms. The van der Waals surface area contributed by atoms with E-state index in [0.29, 0.717) is 4.34 Å². The lowest BCUT2D eigenvalue weighted by Crippen LogP contribution is -2.29. The summed E-state index contributed by atoms with van der Waals surface area (Å²) in [5.74, 6) is -0.345. The van der Waals surface area contributed by atoms with Crippen LogP contribution in [0.25, 0.3) is 0 Å². The first-order valence-electron chi connectivity index (χ1n) is 3.34. The monoisotopic (exact) mass is 204 g/mol. The molecule has 1 aromatic rings. The standard InChI is InChI=1S/C7H9ClN2OS/c1-10(4-6(9)11)7-3-2-5(8)12-7/h2-3H,4H2,1H3,(H2,9,11). The number of amides is 1. The third-order valence-corrected chi connectivity index (χ3v) is 2.67. The number of likely N-dealkylation sites (N-methyl/N-ethyl adjacent to an activating group) is 1. The van der Waals surface area contributed by atoms with Gasteiger partial charge < -0.3 is 10.6 Å². The minimum Gasteiger partial charge on any atom is -0.368 e. The van der Waals surface area contributed by atoms with Crippen molar-refractivity contribution >= 4 is 33.8 Å². The molecule has 1 aromatic heterocycles. The molecular formula is C7H9ClN2OS. The van der Waals surface area contributed by atoms with E-state index in [1.807, 2.05) is 6.07 Å². The summed E-state index contributed by atoms with van der Waals surface area (Å²) in [5, 5.41) is 0.943. The van der Waals surface area contributed by atoms with E-state index in [9.17, 15) is 4.79 Å². The molecule has 0 spiro atoms. The van der Waals surface area contributed by atoms with E-state index in [1.54, 1.807) is 18.0 Å². The molecule has 0 aliphatic carbocycles. The van der Waals surface area contributed by atoms with Gasteiger partial charge in [0, 0.05) is 7.05 Å². The fourth-order valence-electron chi connectivity index (χ4n) is 0.822. The fourth-order valence-corrected chi connectivity index (χ4v) is 1.81. The van der Waals surface area contributed by atoms with E-state index in [2.05, 4.69) is 0 Å². The van der Waals surface area contributed by atoms with Crippen molar-refractivity contribution in [3.63, 3.8) is 0 Å². The van der Waals surface area contributed by atoms with Crippen molar-refractivity contribution in [3.05, 3.63) is 16.5 Å². The summed E-state index contributed by atoms with van der Waals surface area (Å²) in [6, 6.07) is 3.65. The zero-order valence-corrected chi connectivity index (χ0v) is 8.15. The van der Waals surface area contributed by atoms with Crippen molar-refractivity contribution < 1.29 is 4.79 Å². The van der Waals surface area contributed by atoms with Gasteiger partial charge in [0.05, 0.1) is 15.9 Å². The summed E-state index contributed by atoms with van der Waals surface area (Å²) in [4.78, 5) is 12.3. The molecule has 0 saturated carbocycles. The first-order chi connectivity index (χ1) is 5.59. The smallest absolute Gasteiger partial charge is 0.236 e. The highest BCUT2D eigenvalue weighted by atomic mass is 35.5. The molecule has 0 radical (unpaired) electrons. The van der Waals surface area contributed by atoms with Gasteiger partial charge in [0.15, 0.2) is 0 Å². The predicted molar refractivity (Wildman–Crippen MR) is 51.8 cm³/mol. The topological polar surface area (TPSA) is 46.3 Å². The third kappa shape index (κ3) is 2.39. The second-order valence-electron chi connectivity index (χ2n) is 2.40. The molecule has 12 heavy (non-hydrogen) atoms. The van der Waals surface area contributed by atoms with Crippen LogP contribution in [-0.4, -0.2) is 19.5 Å². The van der Waals surface area contributed by atoms with E-state index in [0.717, 1.165) is 5.00 Å². The quantitative estimate of drug-likeness (QED) is 0.808. The third-order valence-electron chi connectivity index (χ3n) is 1.33. The van der Waals surface area contributed by atoms with Crippen LogP contribution in [0.2, 0.25) is 4.34 Å². The number of carbonyl (C=O) groups is 1.